The van der Waals surface area contributed by atoms with Crippen LogP contribution >= 0.6 is 0 Å². The Morgan fingerprint density at radius 2 is 2.20 bits per heavy atom. The van der Waals surface area contributed by atoms with Crippen molar-refractivity contribution in [1.82, 2.24) is 5.32 Å². The molecule has 0 amide bonds. The first-order valence-electron chi connectivity index (χ1n) is 3.19. The second kappa shape index (κ2) is 8.39. The van der Waals surface area contributed by atoms with Gasteiger partial charge < -0.3 is 14.8 Å². The van der Waals surface area contributed by atoms with Gasteiger partial charge in [0.1, 0.15) is 6.61 Å². The van der Waals surface area contributed by atoms with E-state index in [2.05, 4.69) is 10.1 Å². The molecule has 60 valence electrons. The van der Waals surface area contributed by atoms with Crippen molar-refractivity contribution in [3.8, 4) is 0 Å². The van der Waals surface area contributed by atoms with Gasteiger partial charge in [-0.15, -0.1) is 0 Å². The van der Waals surface area contributed by atoms with Crippen LogP contribution in [0.25, 0.3) is 0 Å². The molecule has 4 heteroatoms. The SMILES string of the molecule is CNCCOCCOC=O. The highest BCUT2D eigenvalue weighted by molar-refractivity contribution is 5.36. The Balaban J connectivity index is 2.70. The molecule has 0 radical (unpaired) electrons. The highest BCUT2D eigenvalue weighted by Crippen LogP contribution is 1.73. The molecule has 0 fully saturated rings. The van der Waals surface area contributed by atoms with E-state index in [-0.39, 0.29) is 0 Å². The van der Waals surface area contributed by atoms with Crippen LogP contribution in [0, 0.1) is 0 Å². The zero-order valence-corrected chi connectivity index (χ0v) is 6.13. The maximum atomic E-state index is 9.60. The Morgan fingerprint density at radius 3 is 2.80 bits per heavy atom. The molecule has 10 heavy (non-hydrogen) atoms. The number of ether oxygens (including phenoxy) is 2. The fraction of sp³-hybridized carbons (Fsp3) is 0.833. The lowest BCUT2D eigenvalue weighted by Crippen LogP contribution is -2.15. The molecule has 4 nitrogen and oxygen atoms in total. The van der Waals surface area contributed by atoms with Crippen LogP contribution in [-0.2, 0) is 14.3 Å². The van der Waals surface area contributed by atoms with Crippen molar-refractivity contribution in [3.05, 3.63) is 0 Å². The molecule has 0 rings (SSSR count). The lowest BCUT2D eigenvalue weighted by molar-refractivity contribution is -0.130. The van der Waals surface area contributed by atoms with Crippen molar-refractivity contribution < 1.29 is 14.3 Å². The number of carbonyl (C=O) groups excluding carboxylic acids is 1. The van der Waals surface area contributed by atoms with E-state index in [1.54, 1.807) is 0 Å². The number of nitrogens with one attached hydrogen (secondary N) is 1. The van der Waals surface area contributed by atoms with Crippen LogP contribution in [0.3, 0.4) is 0 Å². The first-order valence-corrected chi connectivity index (χ1v) is 3.19. The summed E-state index contributed by atoms with van der Waals surface area (Å²) in [7, 11) is 1.85. The van der Waals surface area contributed by atoms with Gasteiger partial charge in [0.05, 0.1) is 13.2 Å². The highest BCUT2D eigenvalue weighted by atomic mass is 16.5. The Hall–Kier alpha value is -0.610. The second-order valence-corrected chi connectivity index (χ2v) is 1.68. The fourth-order valence-electron chi connectivity index (χ4n) is 0.431. The lowest BCUT2D eigenvalue weighted by atomic mass is 10.7. The molecular weight excluding hydrogens is 134 g/mol. The number of carbonyl (C=O) groups is 1. The van der Waals surface area contributed by atoms with E-state index in [1.165, 1.54) is 0 Å². The van der Waals surface area contributed by atoms with Crippen molar-refractivity contribution in [2.45, 2.75) is 0 Å². The molecule has 0 aromatic carbocycles. The molecule has 0 aromatic rings. The van der Waals surface area contributed by atoms with Crippen LogP contribution in [0.5, 0.6) is 0 Å². The zero-order valence-electron chi connectivity index (χ0n) is 6.13. The van der Waals surface area contributed by atoms with Gasteiger partial charge in [0.2, 0.25) is 0 Å². The summed E-state index contributed by atoms with van der Waals surface area (Å²) in [6, 6.07) is 0. The van der Waals surface area contributed by atoms with Crippen molar-refractivity contribution in [3.63, 3.8) is 0 Å². The molecule has 0 saturated carbocycles. The standard InChI is InChI=1S/C6H13NO3/c1-7-2-3-9-4-5-10-6-8/h6-7H,2-5H2,1H3. The summed E-state index contributed by atoms with van der Waals surface area (Å²) in [4.78, 5) is 9.60. The third-order valence-corrected chi connectivity index (χ3v) is 0.910. The molecule has 0 aliphatic rings. The summed E-state index contributed by atoms with van der Waals surface area (Å²) in [5, 5.41) is 2.92. The minimum Gasteiger partial charge on any atom is -0.465 e. The van der Waals surface area contributed by atoms with Gasteiger partial charge in [0.25, 0.3) is 6.47 Å². The maximum Gasteiger partial charge on any atom is 0.293 e. The first-order chi connectivity index (χ1) is 4.91. The third-order valence-electron chi connectivity index (χ3n) is 0.910. The summed E-state index contributed by atoms with van der Waals surface area (Å²) < 4.78 is 9.42. The lowest BCUT2D eigenvalue weighted by Gasteiger charge is -2.01. The molecule has 0 unspecified atom stereocenters. The van der Waals surface area contributed by atoms with Gasteiger partial charge >= 0.3 is 0 Å². The van der Waals surface area contributed by atoms with E-state index in [4.69, 9.17) is 4.74 Å². The molecule has 0 saturated heterocycles. The van der Waals surface area contributed by atoms with E-state index in [9.17, 15) is 4.79 Å². The Kier molecular flexibility index (Phi) is 7.88. The van der Waals surface area contributed by atoms with E-state index in [0.717, 1.165) is 6.54 Å². The average molecular weight is 147 g/mol. The number of likely N-dealkylation sites (N-methyl/N-ethyl adjacent to an activating group) is 1. The fourth-order valence-corrected chi connectivity index (χ4v) is 0.431. The van der Waals surface area contributed by atoms with Crippen molar-refractivity contribution in [2.75, 3.05) is 33.4 Å². The largest absolute Gasteiger partial charge is 0.465 e. The third kappa shape index (κ3) is 7.39. The topological polar surface area (TPSA) is 47.6 Å². The maximum absolute atomic E-state index is 9.60. The van der Waals surface area contributed by atoms with Gasteiger partial charge in [-0.1, -0.05) is 0 Å². The van der Waals surface area contributed by atoms with Crippen LogP contribution in [0.1, 0.15) is 0 Å². The minimum absolute atomic E-state index is 0.340. The molecule has 0 bridgehead atoms. The van der Waals surface area contributed by atoms with Crippen molar-refractivity contribution >= 4 is 6.47 Å². The molecular formula is C6H13NO3. The molecule has 0 spiro atoms. The van der Waals surface area contributed by atoms with Crippen LogP contribution in [0.15, 0.2) is 0 Å². The molecule has 0 heterocycles. The molecule has 0 aliphatic heterocycles. The Labute approximate surface area is 60.5 Å². The predicted octanol–water partition coefficient (Wildman–Crippen LogP) is -0.605. The first kappa shape index (κ1) is 9.39. The van der Waals surface area contributed by atoms with Gasteiger partial charge in [-0.2, -0.15) is 0 Å². The van der Waals surface area contributed by atoms with E-state index < -0.39 is 0 Å². The minimum atomic E-state index is 0.340. The van der Waals surface area contributed by atoms with Crippen LogP contribution in [-0.4, -0.2) is 39.9 Å². The monoisotopic (exact) mass is 147 g/mol. The van der Waals surface area contributed by atoms with E-state index >= 15 is 0 Å². The molecule has 0 atom stereocenters. The molecule has 0 aromatic heterocycles. The van der Waals surface area contributed by atoms with Gasteiger partial charge in [-0.3, -0.25) is 4.79 Å². The van der Waals surface area contributed by atoms with Gasteiger partial charge in [-0.05, 0) is 7.05 Å². The van der Waals surface area contributed by atoms with Crippen molar-refractivity contribution in [2.24, 2.45) is 0 Å². The van der Waals surface area contributed by atoms with Crippen LogP contribution < -0.4 is 5.32 Å². The average Bonchev–Trinajstić information content (AvgIpc) is 1.97. The van der Waals surface area contributed by atoms with Crippen LogP contribution in [0.4, 0.5) is 0 Å². The van der Waals surface area contributed by atoms with Crippen molar-refractivity contribution in [1.29, 1.82) is 0 Å². The van der Waals surface area contributed by atoms with Gasteiger partial charge in [-0.25, -0.2) is 0 Å². The molecule has 1 N–H and O–H groups in total. The van der Waals surface area contributed by atoms with Crippen LogP contribution in [0.2, 0.25) is 0 Å². The summed E-state index contributed by atoms with van der Waals surface area (Å²) in [6.45, 7) is 2.70. The quantitative estimate of drug-likeness (QED) is 0.385. The van der Waals surface area contributed by atoms with E-state index in [1.807, 2.05) is 7.05 Å². The van der Waals surface area contributed by atoms with E-state index in [0.29, 0.717) is 26.3 Å². The summed E-state index contributed by atoms with van der Waals surface area (Å²) >= 11 is 0. The number of hydrogen-bond acceptors (Lipinski definition) is 4. The predicted molar refractivity (Wildman–Crippen MR) is 36.8 cm³/mol. The summed E-state index contributed by atoms with van der Waals surface area (Å²) in [5.74, 6) is 0. The van der Waals surface area contributed by atoms with Gasteiger partial charge in [0.15, 0.2) is 0 Å². The second-order valence-electron chi connectivity index (χ2n) is 1.68. The Morgan fingerprint density at radius 1 is 1.40 bits per heavy atom. The number of hydrogen-bond donors (Lipinski definition) is 1. The smallest absolute Gasteiger partial charge is 0.293 e. The van der Waals surface area contributed by atoms with Gasteiger partial charge in [0, 0.05) is 6.54 Å². The normalized spacial score (nSPS) is 9.30. The Bertz CT molecular complexity index is 77.4. The zero-order chi connectivity index (χ0) is 7.66. The number of rotatable bonds is 7. The summed E-state index contributed by atoms with van der Waals surface area (Å²) in [5.41, 5.74) is 0. The highest BCUT2D eigenvalue weighted by Gasteiger charge is 1.85. The molecule has 0 aliphatic carbocycles. The summed E-state index contributed by atoms with van der Waals surface area (Å²) in [6.07, 6.45) is 0.